The minimum Gasteiger partial charge on any atom is -0.472 e. The molecule has 1 aliphatic heterocycles. The summed E-state index contributed by atoms with van der Waals surface area (Å²) in [4.78, 5) is 7.91. The van der Waals surface area contributed by atoms with E-state index in [-0.39, 0.29) is 23.9 Å². The topological polar surface area (TPSA) is 72.4 Å². The summed E-state index contributed by atoms with van der Waals surface area (Å²) in [6.45, 7) is 0.155. The van der Waals surface area contributed by atoms with Crippen LogP contribution < -0.4 is 4.74 Å². The lowest BCUT2D eigenvalue weighted by molar-refractivity contribution is -0.137. The van der Waals surface area contributed by atoms with E-state index >= 15 is 0 Å². The van der Waals surface area contributed by atoms with Crippen LogP contribution in [0.5, 0.6) is 5.88 Å². The van der Waals surface area contributed by atoms with Crippen LogP contribution in [0.25, 0.3) is 10.9 Å². The van der Waals surface area contributed by atoms with Crippen LogP contribution in [-0.2, 0) is 16.2 Å². The van der Waals surface area contributed by atoms with Crippen LogP contribution in [0.4, 0.5) is 13.2 Å². The van der Waals surface area contributed by atoms with Crippen molar-refractivity contribution < 1.29 is 26.3 Å². The highest BCUT2D eigenvalue weighted by Gasteiger charge is 2.39. The fraction of sp³-hybridized carbons (Fsp3) is 0.222. The van der Waals surface area contributed by atoms with Crippen LogP contribution in [-0.4, -0.2) is 41.9 Å². The Morgan fingerprint density at radius 3 is 2.46 bits per heavy atom. The number of ether oxygens (including phenoxy) is 1. The van der Waals surface area contributed by atoms with Gasteiger partial charge in [0.15, 0.2) is 0 Å². The highest BCUT2D eigenvalue weighted by molar-refractivity contribution is 7.89. The summed E-state index contributed by atoms with van der Waals surface area (Å²) in [6.07, 6.45) is -2.74. The predicted molar refractivity (Wildman–Crippen MR) is 94.2 cm³/mol. The monoisotopic (exact) mass is 409 g/mol. The van der Waals surface area contributed by atoms with Crippen molar-refractivity contribution in [3.8, 4) is 5.88 Å². The first-order chi connectivity index (χ1) is 13.2. The maximum absolute atomic E-state index is 12.9. The van der Waals surface area contributed by atoms with Crippen molar-refractivity contribution in [1.82, 2.24) is 14.3 Å². The van der Waals surface area contributed by atoms with Crippen LogP contribution in [0.3, 0.4) is 0 Å². The molecule has 10 heteroatoms. The quantitative estimate of drug-likeness (QED) is 0.662. The Kier molecular flexibility index (Phi) is 4.47. The summed E-state index contributed by atoms with van der Waals surface area (Å²) >= 11 is 0. The third-order valence-electron chi connectivity index (χ3n) is 4.38. The van der Waals surface area contributed by atoms with Gasteiger partial charge in [0, 0.05) is 23.8 Å². The second kappa shape index (κ2) is 6.71. The zero-order chi connectivity index (χ0) is 19.9. The molecule has 1 saturated heterocycles. The minimum absolute atomic E-state index is 0.0156. The number of benzene rings is 1. The first-order valence-corrected chi connectivity index (χ1v) is 9.73. The smallest absolute Gasteiger partial charge is 0.417 e. The van der Waals surface area contributed by atoms with Gasteiger partial charge in [-0.1, -0.05) is 18.2 Å². The van der Waals surface area contributed by atoms with Gasteiger partial charge in [-0.3, -0.25) is 4.98 Å². The van der Waals surface area contributed by atoms with Crippen molar-refractivity contribution >= 4 is 20.9 Å². The Labute approximate surface area is 158 Å². The van der Waals surface area contributed by atoms with E-state index < -0.39 is 27.9 Å². The van der Waals surface area contributed by atoms with Crippen molar-refractivity contribution in [1.29, 1.82) is 0 Å². The van der Waals surface area contributed by atoms with E-state index in [9.17, 15) is 21.6 Å². The molecule has 6 nitrogen and oxygen atoms in total. The lowest BCUT2D eigenvalue weighted by Gasteiger charge is -2.37. The molecule has 0 bridgehead atoms. The molecule has 0 N–H and O–H groups in total. The molecule has 4 rings (SSSR count). The van der Waals surface area contributed by atoms with Crippen molar-refractivity contribution in [2.45, 2.75) is 17.2 Å². The van der Waals surface area contributed by atoms with Crippen molar-refractivity contribution in [2.75, 3.05) is 13.1 Å². The second-order valence-electron chi connectivity index (χ2n) is 6.28. The summed E-state index contributed by atoms with van der Waals surface area (Å²) in [5.74, 6) is 0.0156. The van der Waals surface area contributed by atoms with Gasteiger partial charge in [0.1, 0.15) is 11.0 Å². The summed E-state index contributed by atoms with van der Waals surface area (Å²) in [7, 11) is -3.76. The summed E-state index contributed by atoms with van der Waals surface area (Å²) < 4.78 is 70.1. The zero-order valence-corrected chi connectivity index (χ0v) is 15.1. The third-order valence-corrected chi connectivity index (χ3v) is 6.24. The maximum atomic E-state index is 12.9. The summed E-state index contributed by atoms with van der Waals surface area (Å²) in [6, 6.07) is 10.4. The van der Waals surface area contributed by atoms with Gasteiger partial charge >= 0.3 is 6.18 Å². The van der Waals surface area contributed by atoms with Crippen molar-refractivity contribution in [2.24, 2.45) is 0 Å². The van der Waals surface area contributed by atoms with E-state index in [1.54, 1.807) is 24.3 Å². The Morgan fingerprint density at radius 1 is 1.04 bits per heavy atom. The van der Waals surface area contributed by atoms with Crippen LogP contribution in [0.2, 0.25) is 0 Å². The molecule has 146 valence electrons. The van der Waals surface area contributed by atoms with E-state index in [2.05, 4.69) is 9.97 Å². The second-order valence-corrected chi connectivity index (χ2v) is 8.18. The van der Waals surface area contributed by atoms with Gasteiger partial charge in [-0.25, -0.2) is 13.4 Å². The van der Waals surface area contributed by atoms with E-state index in [1.807, 2.05) is 0 Å². The van der Waals surface area contributed by atoms with E-state index in [1.165, 1.54) is 16.6 Å². The summed E-state index contributed by atoms with van der Waals surface area (Å²) in [5.41, 5.74) is -0.486. The van der Waals surface area contributed by atoms with Crippen LogP contribution in [0, 0.1) is 0 Å². The number of fused-ring (bicyclic) bond motifs is 1. The molecule has 1 fully saturated rings. The first kappa shape index (κ1) is 18.6. The lowest BCUT2D eigenvalue weighted by Crippen LogP contribution is -2.56. The molecule has 1 aliphatic rings. The Balaban J connectivity index is 1.46. The molecule has 0 amide bonds. The number of halogens is 3. The van der Waals surface area contributed by atoms with E-state index in [4.69, 9.17) is 4.74 Å². The Hall–Kier alpha value is -2.72. The number of sulfonamides is 1. The van der Waals surface area contributed by atoms with Crippen molar-refractivity contribution in [3.63, 3.8) is 0 Å². The molecular formula is C18H14F3N3O3S. The number of hydrogen-bond donors (Lipinski definition) is 0. The molecule has 2 aromatic heterocycles. The van der Waals surface area contributed by atoms with Crippen molar-refractivity contribution in [3.05, 3.63) is 60.4 Å². The van der Waals surface area contributed by atoms with Gasteiger partial charge in [0.2, 0.25) is 15.9 Å². The number of aromatic nitrogens is 2. The molecule has 28 heavy (non-hydrogen) atoms. The SMILES string of the molecule is O=S(=O)(c1cccc2cccnc12)N1CC(Oc2ccc(C(F)(F)F)cn2)C1. The van der Waals surface area contributed by atoms with Gasteiger partial charge < -0.3 is 4.74 Å². The molecule has 0 radical (unpaired) electrons. The Bertz CT molecular complexity index is 1110. The fourth-order valence-electron chi connectivity index (χ4n) is 2.88. The molecule has 0 saturated carbocycles. The number of hydrogen-bond acceptors (Lipinski definition) is 5. The van der Waals surface area contributed by atoms with Crippen LogP contribution >= 0.6 is 0 Å². The number of alkyl halides is 3. The largest absolute Gasteiger partial charge is 0.472 e. The van der Waals surface area contributed by atoms with Gasteiger partial charge in [-0.05, 0) is 18.2 Å². The zero-order valence-electron chi connectivity index (χ0n) is 14.3. The minimum atomic E-state index is -4.47. The number of rotatable bonds is 4. The maximum Gasteiger partial charge on any atom is 0.417 e. The number of nitrogens with zero attached hydrogens (tertiary/aromatic N) is 3. The lowest BCUT2D eigenvalue weighted by atomic mass is 10.2. The Morgan fingerprint density at radius 2 is 1.79 bits per heavy atom. The average molecular weight is 409 g/mol. The molecule has 3 aromatic rings. The summed E-state index contributed by atoms with van der Waals surface area (Å²) in [5, 5.41) is 0.714. The number of pyridine rings is 2. The van der Waals surface area contributed by atoms with Gasteiger partial charge in [0.05, 0.1) is 24.2 Å². The van der Waals surface area contributed by atoms with Gasteiger partial charge in [0.25, 0.3) is 0 Å². The average Bonchev–Trinajstić information content (AvgIpc) is 2.63. The molecule has 0 aliphatic carbocycles. The van der Waals surface area contributed by atoms with E-state index in [0.29, 0.717) is 17.1 Å². The predicted octanol–water partition coefficient (Wildman–Crippen LogP) is 3.10. The van der Waals surface area contributed by atoms with Crippen LogP contribution in [0.1, 0.15) is 5.56 Å². The molecular weight excluding hydrogens is 395 g/mol. The fourth-order valence-corrected chi connectivity index (χ4v) is 4.55. The molecule has 0 unspecified atom stereocenters. The molecule has 0 spiro atoms. The van der Waals surface area contributed by atoms with Gasteiger partial charge in [-0.15, -0.1) is 0 Å². The number of para-hydroxylation sites is 1. The third kappa shape index (κ3) is 3.40. The normalized spacial score (nSPS) is 16.1. The van der Waals surface area contributed by atoms with Gasteiger partial charge in [-0.2, -0.15) is 17.5 Å². The highest BCUT2D eigenvalue weighted by atomic mass is 32.2. The molecule has 1 aromatic carbocycles. The van der Waals surface area contributed by atoms with Crippen LogP contribution in [0.15, 0.2) is 59.8 Å². The molecule has 3 heterocycles. The van der Waals surface area contributed by atoms with E-state index in [0.717, 1.165) is 12.1 Å². The first-order valence-electron chi connectivity index (χ1n) is 8.29. The standard InChI is InChI=1S/C18H14F3N3O3S/c19-18(20,21)13-6-7-16(23-9-13)27-14-10-24(11-14)28(25,26)15-5-1-3-12-4-2-8-22-17(12)15/h1-9,14H,10-11H2. The highest BCUT2D eigenvalue weighted by Crippen LogP contribution is 2.31. The molecule has 0 atom stereocenters.